The zero-order chi connectivity index (χ0) is 16.1. The Balaban J connectivity index is 2.42. The van der Waals surface area contributed by atoms with Gasteiger partial charge >= 0.3 is 12.1 Å². The van der Waals surface area contributed by atoms with Crippen LogP contribution in [0.1, 0.15) is 23.2 Å². The number of carbonyl (C=O) groups is 1. The molecule has 0 bridgehead atoms. The summed E-state index contributed by atoms with van der Waals surface area (Å²) in [5.41, 5.74) is 2.17. The Hall–Kier alpha value is -1.90. The third-order valence-electron chi connectivity index (χ3n) is 2.57. The van der Waals surface area contributed by atoms with Crippen molar-refractivity contribution in [3.05, 3.63) is 29.8 Å². The maximum absolute atomic E-state index is 12.6. The van der Waals surface area contributed by atoms with Gasteiger partial charge in [0.25, 0.3) is 5.91 Å². The van der Waals surface area contributed by atoms with Crippen LogP contribution >= 0.6 is 0 Å². The number of carbonyl (C=O) groups excluding carboxylic acids is 1. The summed E-state index contributed by atoms with van der Waals surface area (Å²) in [7, 11) is 0. The van der Waals surface area contributed by atoms with E-state index in [1.54, 1.807) is 0 Å². The summed E-state index contributed by atoms with van der Waals surface area (Å²) in [5.74, 6) is -0.0732. The molecule has 1 aromatic rings. The van der Waals surface area contributed by atoms with Crippen LogP contribution in [0.3, 0.4) is 0 Å². The highest BCUT2D eigenvalue weighted by Crippen LogP contribution is 2.38. The van der Waals surface area contributed by atoms with Crippen LogP contribution in [0, 0.1) is 0 Å². The number of hydrogen-bond acceptors (Lipinski definition) is 3. The van der Waals surface area contributed by atoms with Crippen molar-refractivity contribution in [2.45, 2.75) is 24.9 Å². The van der Waals surface area contributed by atoms with Crippen LogP contribution in [0.4, 0.5) is 22.0 Å². The van der Waals surface area contributed by atoms with Gasteiger partial charge in [-0.2, -0.15) is 22.0 Å². The number of hydrogen-bond donors (Lipinski definition) is 2. The lowest BCUT2D eigenvalue weighted by atomic mass is 10.2. The van der Waals surface area contributed by atoms with Crippen LogP contribution in [0.5, 0.6) is 5.75 Å². The monoisotopic (exact) mass is 312 g/mol. The first-order valence-corrected chi connectivity index (χ1v) is 5.86. The van der Waals surface area contributed by atoms with Crippen LogP contribution in [0.15, 0.2) is 24.3 Å². The second kappa shape index (κ2) is 6.70. The zero-order valence-corrected chi connectivity index (χ0v) is 10.7. The van der Waals surface area contributed by atoms with E-state index in [1.165, 1.54) is 24.3 Å². The molecule has 1 amide bonds. The minimum Gasteiger partial charge on any atom is -0.494 e. The normalized spacial score (nSPS) is 12.1. The van der Waals surface area contributed by atoms with Gasteiger partial charge in [-0.3, -0.25) is 10.2 Å². The first kappa shape index (κ1) is 17.2. The lowest BCUT2D eigenvalue weighted by Crippen LogP contribution is -2.36. The van der Waals surface area contributed by atoms with E-state index in [2.05, 4.69) is 0 Å². The highest BCUT2D eigenvalue weighted by molar-refractivity contribution is 5.93. The molecule has 1 aromatic carbocycles. The number of ether oxygens (including phenoxy) is 1. The quantitative estimate of drug-likeness (QED) is 0.279. The summed E-state index contributed by atoms with van der Waals surface area (Å²) in [6.07, 6.45) is -7.36. The molecule has 0 aromatic heterocycles. The van der Waals surface area contributed by atoms with E-state index in [4.69, 9.17) is 10.6 Å². The van der Waals surface area contributed by atoms with Crippen molar-refractivity contribution in [1.29, 1.82) is 0 Å². The summed E-state index contributed by atoms with van der Waals surface area (Å²) in [4.78, 5) is 11.1. The topological polar surface area (TPSA) is 64.3 Å². The Morgan fingerprint density at radius 3 is 2.19 bits per heavy atom. The minimum absolute atomic E-state index is 0.249. The number of rotatable bonds is 6. The van der Waals surface area contributed by atoms with Gasteiger partial charge in [0.05, 0.1) is 6.61 Å². The van der Waals surface area contributed by atoms with Crippen LogP contribution in [0.25, 0.3) is 0 Å². The second-order valence-corrected chi connectivity index (χ2v) is 4.15. The second-order valence-electron chi connectivity index (χ2n) is 4.15. The van der Waals surface area contributed by atoms with Crippen molar-refractivity contribution in [2.24, 2.45) is 5.84 Å². The molecule has 0 saturated carbocycles. The van der Waals surface area contributed by atoms with E-state index >= 15 is 0 Å². The number of nitrogens with two attached hydrogens (primary N) is 1. The summed E-state index contributed by atoms with van der Waals surface area (Å²) in [5, 5.41) is 0. The summed E-state index contributed by atoms with van der Waals surface area (Å²) in [6, 6.07) is 5.52. The number of halogens is 5. The molecule has 118 valence electrons. The molecule has 0 heterocycles. The van der Waals surface area contributed by atoms with Crippen LogP contribution in [-0.2, 0) is 0 Å². The predicted molar refractivity (Wildman–Crippen MR) is 63.8 cm³/mol. The van der Waals surface area contributed by atoms with Gasteiger partial charge in [-0.05, 0) is 30.7 Å². The Morgan fingerprint density at radius 1 is 1.14 bits per heavy atom. The predicted octanol–water partition coefficient (Wildman–Crippen LogP) is 2.65. The van der Waals surface area contributed by atoms with Crippen molar-refractivity contribution >= 4 is 5.91 Å². The third-order valence-corrected chi connectivity index (χ3v) is 2.57. The average Bonchev–Trinajstić information content (AvgIpc) is 2.42. The molecule has 0 aliphatic carbocycles. The van der Waals surface area contributed by atoms with Gasteiger partial charge in [-0.15, -0.1) is 0 Å². The number of nitrogen functional groups attached to an aromatic ring is 1. The molecule has 0 atom stereocenters. The van der Waals surface area contributed by atoms with E-state index in [1.807, 2.05) is 5.43 Å². The molecule has 9 heteroatoms. The van der Waals surface area contributed by atoms with Crippen LogP contribution < -0.4 is 16.0 Å². The smallest absolute Gasteiger partial charge is 0.453 e. The van der Waals surface area contributed by atoms with Crippen molar-refractivity contribution < 1.29 is 31.5 Å². The molecule has 0 radical (unpaired) electrons. The van der Waals surface area contributed by atoms with E-state index in [-0.39, 0.29) is 17.9 Å². The third kappa shape index (κ3) is 4.85. The summed E-state index contributed by atoms with van der Waals surface area (Å²) < 4.78 is 65.9. The highest BCUT2D eigenvalue weighted by atomic mass is 19.4. The zero-order valence-electron chi connectivity index (χ0n) is 10.7. The van der Waals surface area contributed by atoms with Crippen molar-refractivity contribution in [3.8, 4) is 5.75 Å². The Kier molecular flexibility index (Phi) is 5.47. The molecular formula is C12H13F5N2O2. The Labute approximate surface area is 117 Å². The molecule has 4 nitrogen and oxygen atoms in total. The SMILES string of the molecule is NNC(=O)c1ccc(OCCCC(F)(F)C(F)(F)F)cc1. The fourth-order valence-corrected chi connectivity index (χ4v) is 1.41. The first-order valence-electron chi connectivity index (χ1n) is 5.86. The molecule has 0 saturated heterocycles. The van der Waals surface area contributed by atoms with E-state index < -0.39 is 30.8 Å². The van der Waals surface area contributed by atoms with Crippen molar-refractivity contribution in [3.63, 3.8) is 0 Å². The van der Waals surface area contributed by atoms with Crippen molar-refractivity contribution in [2.75, 3.05) is 6.61 Å². The average molecular weight is 312 g/mol. The van der Waals surface area contributed by atoms with Crippen LogP contribution in [-0.4, -0.2) is 24.6 Å². The molecule has 0 aliphatic rings. The fraction of sp³-hybridized carbons (Fsp3) is 0.417. The van der Waals surface area contributed by atoms with E-state index in [9.17, 15) is 26.7 Å². The molecule has 3 N–H and O–H groups in total. The van der Waals surface area contributed by atoms with Gasteiger partial charge < -0.3 is 4.74 Å². The minimum atomic E-state index is -5.55. The lowest BCUT2D eigenvalue weighted by Gasteiger charge is -2.19. The van der Waals surface area contributed by atoms with Crippen molar-refractivity contribution in [1.82, 2.24) is 5.43 Å². The molecule has 0 aliphatic heterocycles. The Bertz CT molecular complexity index is 474. The summed E-state index contributed by atoms with van der Waals surface area (Å²) >= 11 is 0. The fourth-order valence-electron chi connectivity index (χ4n) is 1.41. The number of amides is 1. The standard InChI is InChI=1S/C12H13F5N2O2/c13-11(14,12(15,16)17)6-1-7-21-9-4-2-8(3-5-9)10(20)19-18/h2-5H,1,6-7,18H2,(H,19,20). The largest absolute Gasteiger partial charge is 0.494 e. The van der Waals surface area contributed by atoms with Gasteiger partial charge in [0.2, 0.25) is 0 Å². The van der Waals surface area contributed by atoms with Gasteiger partial charge in [-0.25, -0.2) is 5.84 Å². The molecule has 0 spiro atoms. The Morgan fingerprint density at radius 2 is 1.71 bits per heavy atom. The van der Waals surface area contributed by atoms with Gasteiger partial charge in [0.1, 0.15) is 5.75 Å². The van der Waals surface area contributed by atoms with Gasteiger partial charge in [0, 0.05) is 12.0 Å². The first-order chi connectivity index (χ1) is 9.67. The molecule has 0 fully saturated rings. The van der Waals surface area contributed by atoms with Crippen LogP contribution in [0.2, 0.25) is 0 Å². The number of alkyl halides is 5. The maximum atomic E-state index is 12.6. The molecule has 21 heavy (non-hydrogen) atoms. The molecular weight excluding hydrogens is 299 g/mol. The van der Waals surface area contributed by atoms with E-state index in [0.717, 1.165) is 0 Å². The van der Waals surface area contributed by atoms with Gasteiger partial charge in [-0.1, -0.05) is 0 Å². The molecule has 0 unspecified atom stereocenters. The number of nitrogens with one attached hydrogen (secondary N) is 1. The maximum Gasteiger partial charge on any atom is 0.453 e. The highest BCUT2D eigenvalue weighted by Gasteiger charge is 2.56. The number of hydrazine groups is 1. The van der Waals surface area contributed by atoms with E-state index in [0.29, 0.717) is 0 Å². The molecule has 1 rings (SSSR count). The van der Waals surface area contributed by atoms with Gasteiger partial charge in [0.15, 0.2) is 0 Å². The number of benzene rings is 1. The summed E-state index contributed by atoms with van der Waals surface area (Å²) in [6.45, 7) is -0.298. The lowest BCUT2D eigenvalue weighted by molar-refractivity contribution is -0.284.